The van der Waals surface area contributed by atoms with Crippen LogP contribution >= 0.6 is 0 Å². The zero-order valence-electron chi connectivity index (χ0n) is 10.5. The first kappa shape index (κ1) is 11.2. The summed E-state index contributed by atoms with van der Waals surface area (Å²) in [6.45, 7) is 0.809. The Morgan fingerprint density at radius 2 is 2.11 bits per heavy atom. The van der Waals surface area contributed by atoms with Gasteiger partial charge < -0.3 is 14.4 Å². The zero-order chi connectivity index (χ0) is 12.7. The van der Waals surface area contributed by atoms with Crippen LogP contribution in [-0.2, 0) is 6.54 Å². The van der Waals surface area contributed by atoms with Gasteiger partial charge >= 0.3 is 0 Å². The molecule has 1 aliphatic rings. The number of hydrogen-bond acceptors (Lipinski definition) is 4. The molecule has 1 aliphatic heterocycles. The Labute approximate surface area is 106 Å². The molecule has 2 aromatic rings. The highest BCUT2D eigenvalue weighted by Gasteiger charge is 2.29. The van der Waals surface area contributed by atoms with Gasteiger partial charge in [0.1, 0.15) is 11.9 Å². The summed E-state index contributed by atoms with van der Waals surface area (Å²) in [6, 6.07) is 7.51. The molecule has 0 amide bonds. The summed E-state index contributed by atoms with van der Waals surface area (Å²) in [4.78, 5) is 4.43. The Kier molecular flexibility index (Phi) is 2.52. The van der Waals surface area contributed by atoms with Gasteiger partial charge in [-0.3, -0.25) is 4.90 Å². The molecule has 0 radical (unpaired) electrons. The molecular weight excluding hydrogens is 228 g/mol. The first-order chi connectivity index (χ1) is 8.66. The molecular formula is C14H16N2O2. The maximum atomic E-state index is 9.56. The molecule has 0 saturated carbocycles. The van der Waals surface area contributed by atoms with Crippen molar-refractivity contribution < 1.29 is 9.52 Å². The van der Waals surface area contributed by atoms with E-state index in [9.17, 15) is 5.11 Å². The molecule has 18 heavy (non-hydrogen) atoms. The van der Waals surface area contributed by atoms with Crippen LogP contribution in [0.3, 0.4) is 0 Å². The topological polar surface area (TPSA) is 39.9 Å². The normalized spacial score (nSPS) is 19.9. The van der Waals surface area contributed by atoms with Crippen molar-refractivity contribution in [1.29, 1.82) is 0 Å². The summed E-state index contributed by atoms with van der Waals surface area (Å²) in [5, 5.41) is 9.56. The molecule has 2 heterocycles. The van der Waals surface area contributed by atoms with E-state index in [-0.39, 0.29) is 6.17 Å². The van der Waals surface area contributed by atoms with Crippen LogP contribution in [0.1, 0.15) is 17.3 Å². The Morgan fingerprint density at radius 1 is 1.28 bits per heavy atom. The van der Waals surface area contributed by atoms with E-state index in [1.54, 1.807) is 18.6 Å². The van der Waals surface area contributed by atoms with Gasteiger partial charge in [0.2, 0.25) is 0 Å². The number of nitrogens with zero attached hydrogens (tertiary/aromatic N) is 2. The summed E-state index contributed by atoms with van der Waals surface area (Å²) < 4.78 is 5.18. The highest BCUT2D eigenvalue weighted by Crippen LogP contribution is 2.38. The number of phenols is 1. The first-order valence-electron chi connectivity index (χ1n) is 5.94. The molecule has 0 saturated heterocycles. The lowest BCUT2D eigenvalue weighted by Crippen LogP contribution is -2.41. The number of rotatable bonds is 1. The highest BCUT2D eigenvalue weighted by atomic mass is 16.3. The monoisotopic (exact) mass is 244 g/mol. The van der Waals surface area contributed by atoms with E-state index >= 15 is 0 Å². The van der Waals surface area contributed by atoms with E-state index in [0.717, 1.165) is 23.4 Å². The number of anilines is 1. The summed E-state index contributed by atoms with van der Waals surface area (Å²) in [7, 11) is 4.13. The second-order valence-electron chi connectivity index (χ2n) is 4.77. The molecule has 1 atom stereocenters. The molecule has 4 heteroatoms. The number of benzene rings is 1. The van der Waals surface area contributed by atoms with Gasteiger partial charge in [0.25, 0.3) is 0 Å². The second-order valence-corrected chi connectivity index (χ2v) is 4.77. The molecule has 1 unspecified atom stereocenters. The number of aromatic hydroxyl groups is 1. The quantitative estimate of drug-likeness (QED) is 0.837. The van der Waals surface area contributed by atoms with E-state index in [1.807, 2.05) is 18.2 Å². The van der Waals surface area contributed by atoms with Crippen LogP contribution < -0.4 is 4.90 Å². The van der Waals surface area contributed by atoms with Gasteiger partial charge in [-0.15, -0.1) is 0 Å². The number of phenolic OH excluding ortho intramolecular Hbond substituents is 1. The fourth-order valence-electron chi connectivity index (χ4n) is 2.73. The number of hydrogen-bond donors (Lipinski definition) is 1. The van der Waals surface area contributed by atoms with Crippen molar-refractivity contribution in [3.8, 4) is 5.75 Å². The van der Waals surface area contributed by atoms with Crippen LogP contribution in [0, 0.1) is 0 Å². The molecule has 94 valence electrons. The third-order valence-electron chi connectivity index (χ3n) is 3.49. The minimum absolute atomic E-state index is 0.167. The lowest BCUT2D eigenvalue weighted by molar-refractivity contribution is 0.219. The lowest BCUT2D eigenvalue weighted by atomic mass is 10.0. The summed E-state index contributed by atoms with van der Waals surface area (Å²) in [6.07, 6.45) is 3.65. The second kappa shape index (κ2) is 4.07. The van der Waals surface area contributed by atoms with Gasteiger partial charge in [-0.25, -0.2) is 0 Å². The van der Waals surface area contributed by atoms with E-state index in [0.29, 0.717) is 5.75 Å². The molecule has 3 rings (SSSR count). The van der Waals surface area contributed by atoms with Crippen LogP contribution in [0.15, 0.2) is 41.2 Å². The van der Waals surface area contributed by atoms with Crippen LogP contribution in [0.2, 0.25) is 0 Å². The number of furan rings is 1. The van der Waals surface area contributed by atoms with Crippen LogP contribution in [0.4, 0.5) is 5.69 Å². The molecule has 1 aromatic carbocycles. The molecule has 0 aliphatic carbocycles. The highest BCUT2D eigenvalue weighted by molar-refractivity contribution is 5.58. The maximum absolute atomic E-state index is 9.56. The minimum Gasteiger partial charge on any atom is -0.508 e. The first-order valence-corrected chi connectivity index (χ1v) is 5.94. The lowest BCUT2D eigenvalue weighted by Gasteiger charge is -2.42. The molecule has 4 nitrogen and oxygen atoms in total. The molecule has 1 aromatic heterocycles. The number of fused-ring (bicyclic) bond motifs is 1. The van der Waals surface area contributed by atoms with Crippen molar-refractivity contribution in [2.45, 2.75) is 12.7 Å². The maximum Gasteiger partial charge on any atom is 0.116 e. The van der Waals surface area contributed by atoms with E-state index in [4.69, 9.17) is 4.42 Å². The van der Waals surface area contributed by atoms with Crippen LogP contribution in [0.5, 0.6) is 5.75 Å². The average molecular weight is 244 g/mol. The molecule has 0 bridgehead atoms. The van der Waals surface area contributed by atoms with Gasteiger partial charge in [-0.2, -0.15) is 0 Å². The molecule has 0 spiro atoms. The van der Waals surface area contributed by atoms with Gasteiger partial charge in [0.15, 0.2) is 0 Å². The van der Waals surface area contributed by atoms with Crippen LogP contribution in [0.25, 0.3) is 0 Å². The van der Waals surface area contributed by atoms with E-state index < -0.39 is 0 Å². The van der Waals surface area contributed by atoms with E-state index in [2.05, 4.69) is 23.9 Å². The van der Waals surface area contributed by atoms with Crippen molar-refractivity contribution in [2.75, 3.05) is 19.0 Å². The van der Waals surface area contributed by atoms with Crippen molar-refractivity contribution in [1.82, 2.24) is 4.90 Å². The van der Waals surface area contributed by atoms with Crippen molar-refractivity contribution >= 4 is 5.69 Å². The Morgan fingerprint density at radius 3 is 2.83 bits per heavy atom. The Bertz CT molecular complexity index is 551. The molecule has 0 fully saturated rings. The van der Waals surface area contributed by atoms with Crippen molar-refractivity contribution in [3.05, 3.63) is 47.9 Å². The van der Waals surface area contributed by atoms with Gasteiger partial charge in [-0.1, -0.05) is 0 Å². The smallest absolute Gasteiger partial charge is 0.116 e. The largest absolute Gasteiger partial charge is 0.508 e. The Hall–Kier alpha value is -1.94. The fraction of sp³-hybridized carbons (Fsp3) is 0.286. The SMILES string of the molecule is CN1Cc2cc(O)ccc2N(C)C1c1ccoc1. The van der Waals surface area contributed by atoms with Gasteiger partial charge in [0, 0.05) is 24.8 Å². The van der Waals surface area contributed by atoms with Gasteiger partial charge in [-0.05, 0) is 36.9 Å². The predicted molar refractivity (Wildman–Crippen MR) is 69.4 cm³/mol. The summed E-state index contributed by atoms with van der Waals surface area (Å²) in [5.41, 5.74) is 3.43. The standard InChI is InChI=1S/C14H16N2O2/c1-15-8-11-7-12(17)3-4-13(11)16(2)14(15)10-5-6-18-9-10/h3-7,9,14,17H,8H2,1-2H3. The van der Waals surface area contributed by atoms with E-state index in [1.165, 1.54) is 0 Å². The van der Waals surface area contributed by atoms with Crippen molar-refractivity contribution in [2.24, 2.45) is 0 Å². The van der Waals surface area contributed by atoms with Crippen molar-refractivity contribution in [3.63, 3.8) is 0 Å². The zero-order valence-corrected chi connectivity index (χ0v) is 10.5. The summed E-state index contributed by atoms with van der Waals surface area (Å²) in [5.74, 6) is 0.317. The van der Waals surface area contributed by atoms with Crippen LogP contribution in [-0.4, -0.2) is 24.1 Å². The predicted octanol–water partition coefficient (Wildman–Crippen LogP) is 2.57. The Balaban J connectivity index is 2.04. The minimum atomic E-state index is 0.167. The fourth-order valence-corrected chi connectivity index (χ4v) is 2.73. The summed E-state index contributed by atoms with van der Waals surface area (Å²) >= 11 is 0. The third kappa shape index (κ3) is 1.66. The third-order valence-corrected chi connectivity index (χ3v) is 3.49. The molecule has 1 N–H and O–H groups in total. The average Bonchev–Trinajstić information content (AvgIpc) is 2.82. The van der Waals surface area contributed by atoms with Gasteiger partial charge in [0.05, 0.1) is 12.5 Å².